The highest BCUT2D eigenvalue weighted by atomic mass is 15.2. The van der Waals surface area contributed by atoms with Crippen molar-refractivity contribution in [1.82, 2.24) is 8.80 Å². The lowest BCUT2D eigenvalue weighted by atomic mass is 9.97. The van der Waals surface area contributed by atoms with Crippen LogP contribution < -0.4 is 4.90 Å². The molecule has 0 bridgehead atoms. The van der Waals surface area contributed by atoms with Gasteiger partial charge in [-0.05, 0) is 92.3 Å². The Balaban J connectivity index is 1.11. The number of para-hydroxylation sites is 4. The minimum absolute atomic E-state index is 1.10. The van der Waals surface area contributed by atoms with E-state index in [4.69, 9.17) is 0 Å². The summed E-state index contributed by atoms with van der Waals surface area (Å²) >= 11 is 0. The molecule has 0 amide bonds. The lowest BCUT2D eigenvalue weighted by Gasteiger charge is -2.27. The number of imidazole rings is 1. The topological polar surface area (TPSA) is 12.1 Å². The van der Waals surface area contributed by atoms with Gasteiger partial charge in [0.05, 0.1) is 27.8 Å². The third kappa shape index (κ3) is 4.32. The molecule has 0 aliphatic rings. The van der Waals surface area contributed by atoms with Gasteiger partial charge in [0.15, 0.2) is 0 Å². The van der Waals surface area contributed by atoms with Crippen molar-refractivity contribution in [3.8, 4) is 22.3 Å². The number of hydrogen-bond acceptors (Lipinski definition) is 1. The zero-order chi connectivity index (χ0) is 36.0. The summed E-state index contributed by atoms with van der Waals surface area (Å²) in [6.45, 7) is 0. The molecule has 55 heavy (non-hydrogen) atoms. The van der Waals surface area contributed by atoms with E-state index in [1.54, 1.807) is 0 Å². The number of anilines is 3. The van der Waals surface area contributed by atoms with E-state index in [9.17, 15) is 0 Å². The summed E-state index contributed by atoms with van der Waals surface area (Å²) in [7, 11) is 0. The summed E-state index contributed by atoms with van der Waals surface area (Å²) in [5.74, 6) is 0. The normalized spacial score (nSPS) is 12.0. The van der Waals surface area contributed by atoms with Crippen LogP contribution >= 0.6 is 0 Å². The summed E-state index contributed by atoms with van der Waals surface area (Å²) in [5.41, 5.74) is 14.3. The fourth-order valence-corrected chi connectivity index (χ4v) is 9.24. The quantitative estimate of drug-likeness (QED) is 0.174. The highest BCUT2D eigenvalue weighted by Crippen LogP contribution is 2.47. The van der Waals surface area contributed by atoms with Gasteiger partial charge in [0.2, 0.25) is 0 Å². The third-order valence-electron chi connectivity index (χ3n) is 11.6. The minimum atomic E-state index is 1.10. The summed E-state index contributed by atoms with van der Waals surface area (Å²) in [6.07, 6.45) is 0. The average molecular weight is 700 g/mol. The summed E-state index contributed by atoms with van der Waals surface area (Å²) < 4.78 is 4.95. The molecule has 0 spiro atoms. The molecule has 3 nitrogen and oxygen atoms in total. The van der Waals surface area contributed by atoms with Crippen LogP contribution in [0.15, 0.2) is 200 Å². The Morgan fingerprint density at radius 3 is 1.38 bits per heavy atom. The SMILES string of the molecule is c1ccc2c(-c3ccc(N(c4ccc(-c5cccc6ccccc56)cc4)c4cccc5c6c7ccccc7n7c8ccccc8n(c45)c67)cc3)cccc2c1. The molecular formula is C52H33N3. The lowest BCUT2D eigenvalue weighted by molar-refractivity contribution is 1.25. The second kappa shape index (κ2) is 11.6. The van der Waals surface area contributed by atoms with Gasteiger partial charge in [0.1, 0.15) is 5.65 Å². The maximum atomic E-state index is 2.50. The Kier molecular flexibility index (Phi) is 6.34. The Labute approximate surface area is 317 Å². The zero-order valence-electron chi connectivity index (χ0n) is 29.9. The van der Waals surface area contributed by atoms with Crippen LogP contribution in [0.4, 0.5) is 17.1 Å². The molecule has 3 heterocycles. The van der Waals surface area contributed by atoms with Crippen LogP contribution in [0.3, 0.4) is 0 Å². The van der Waals surface area contributed by atoms with Crippen LogP contribution in [-0.2, 0) is 0 Å². The van der Waals surface area contributed by atoms with Crippen LogP contribution in [0.1, 0.15) is 0 Å². The number of benzene rings is 9. The Morgan fingerprint density at radius 2 is 0.782 bits per heavy atom. The number of aromatic nitrogens is 2. The van der Waals surface area contributed by atoms with Crippen molar-refractivity contribution in [1.29, 1.82) is 0 Å². The number of fused-ring (bicyclic) bond motifs is 11. The number of hydrogen-bond donors (Lipinski definition) is 0. The van der Waals surface area contributed by atoms with Crippen molar-refractivity contribution >= 4 is 82.5 Å². The molecule has 0 atom stereocenters. The van der Waals surface area contributed by atoms with E-state index in [0.717, 1.165) is 17.1 Å². The highest BCUT2D eigenvalue weighted by molar-refractivity contribution is 6.26. The molecule has 0 radical (unpaired) electrons. The summed E-state index contributed by atoms with van der Waals surface area (Å²) in [6, 6.07) is 73.1. The Morgan fingerprint density at radius 1 is 0.327 bits per heavy atom. The summed E-state index contributed by atoms with van der Waals surface area (Å²) in [5, 5.41) is 8.84. The molecule has 0 saturated heterocycles. The zero-order valence-corrected chi connectivity index (χ0v) is 29.9. The van der Waals surface area contributed by atoms with Gasteiger partial charge in [-0.15, -0.1) is 0 Å². The molecule has 0 saturated carbocycles. The molecule has 3 heteroatoms. The molecule has 256 valence electrons. The standard InChI is InChI=1S/C52H33N3/c1-3-16-40-34(12-1)14-9-19-42(40)36-26-30-38(31-27-36)53(39-32-28-37(29-33-39)43-20-10-15-35-13-2-4-17-41(35)43)49-25-11-21-45-50-44-18-5-6-22-46(44)54-47-23-7-8-24-48(47)55(51(45)49)52(50)54/h1-33H. The second-order valence-electron chi connectivity index (χ2n) is 14.5. The van der Waals surface area contributed by atoms with E-state index in [0.29, 0.717) is 0 Å². The first-order valence-corrected chi connectivity index (χ1v) is 18.9. The number of rotatable bonds is 5. The molecule has 0 fully saturated rings. The van der Waals surface area contributed by atoms with Crippen LogP contribution in [-0.4, -0.2) is 8.80 Å². The average Bonchev–Trinajstić information content (AvgIpc) is 3.89. The van der Waals surface area contributed by atoms with Gasteiger partial charge in [-0.2, -0.15) is 0 Å². The van der Waals surface area contributed by atoms with Crippen molar-refractivity contribution in [3.63, 3.8) is 0 Å². The van der Waals surface area contributed by atoms with Crippen molar-refractivity contribution in [2.45, 2.75) is 0 Å². The molecule has 3 aromatic heterocycles. The molecular weight excluding hydrogens is 667 g/mol. The van der Waals surface area contributed by atoms with E-state index in [1.807, 2.05) is 0 Å². The van der Waals surface area contributed by atoms with Crippen LogP contribution in [0.25, 0.3) is 87.7 Å². The van der Waals surface area contributed by atoms with Crippen molar-refractivity contribution in [2.24, 2.45) is 0 Å². The predicted octanol–water partition coefficient (Wildman–Crippen LogP) is 14.2. The Hall–Kier alpha value is -7.36. The van der Waals surface area contributed by atoms with Gasteiger partial charge in [0.25, 0.3) is 0 Å². The first-order chi connectivity index (χ1) is 27.3. The highest BCUT2D eigenvalue weighted by Gasteiger charge is 2.26. The molecule has 0 aliphatic carbocycles. The van der Waals surface area contributed by atoms with Crippen LogP contribution in [0, 0.1) is 0 Å². The first kappa shape index (κ1) is 30.1. The molecule has 9 aromatic carbocycles. The third-order valence-corrected chi connectivity index (χ3v) is 11.6. The van der Waals surface area contributed by atoms with Gasteiger partial charge < -0.3 is 4.90 Å². The van der Waals surface area contributed by atoms with Gasteiger partial charge in [-0.1, -0.05) is 152 Å². The molecule has 12 aromatic rings. The number of nitrogens with zero attached hydrogens (tertiary/aromatic N) is 3. The van der Waals surface area contributed by atoms with Crippen molar-refractivity contribution < 1.29 is 0 Å². The second-order valence-corrected chi connectivity index (χ2v) is 14.5. The fourth-order valence-electron chi connectivity index (χ4n) is 9.24. The van der Waals surface area contributed by atoms with Gasteiger partial charge in [0, 0.05) is 27.5 Å². The lowest BCUT2D eigenvalue weighted by Crippen LogP contribution is -2.11. The molecule has 12 rings (SSSR count). The first-order valence-electron chi connectivity index (χ1n) is 18.9. The van der Waals surface area contributed by atoms with E-state index in [-0.39, 0.29) is 0 Å². The van der Waals surface area contributed by atoms with Crippen LogP contribution in [0.5, 0.6) is 0 Å². The molecule has 0 aliphatic heterocycles. The van der Waals surface area contributed by atoms with E-state index >= 15 is 0 Å². The van der Waals surface area contributed by atoms with Crippen molar-refractivity contribution in [3.05, 3.63) is 200 Å². The maximum Gasteiger partial charge on any atom is 0.131 e. The van der Waals surface area contributed by atoms with E-state index in [2.05, 4.69) is 214 Å². The van der Waals surface area contributed by atoms with Gasteiger partial charge in [-0.25, -0.2) is 0 Å². The monoisotopic (exact) mass is 699 g/mol. The molecule has 0 N–H and O–H groups in total. The minimum Gasteiger partial charge on any atom is -0.308 e. The largest absolute Gasteiger partial charge is 0.308 e. The Bertz CT molecular complexity index is 3280. The fraction of sp³-hybridized carbons (Fsp3) is 0. The van der Waals surface area contributed by atoms with Gasteiger partial charge >= 0.3 is 0 Å². The predicted molar refractivity (Wildman–Crippen MR) is 233 cm³/mol. The molecule has 0 unspecified atom stereocenters. The smallest absolute Gasteiger partial charge is 0.131 e. The van der Waals surface area contributed by atoms with Crippen LogP contribution in [0.2, 0.25) is 0 Å². The van der Waals surface area contributed by atoms with Crippen molar-refractivity contribution in [2.75, 3.05) is 4.90 Å². The maximum absolute atomic E-state index is 2.50. The van der Waals surface area contributed by atoms with Gasteiger partial charge in [-0.3, -0.25) is 8.80 Å². The summed E-state index contributed by atoms with van der Waals surface area (Å²) in [4.78, 5) is 2.44. The van der Waals surface area contributed by atoms with E-state index < -0.39 is 0 Å². The van der Waals surface area contributed by atoms with E-state index in [1.165, 1.54) is 87.7 Å².